The first kappa shape index (κ1) is 19.9. The molecule has 0 saturated heterocycles. The van der Waals surface area contributed by atoms with Crippen LogP contribution in [0.15, 0.2) is 72.8 Å². The van der Waals surface area contributed by atoms with Gasteiger partial charge in [-0.1, -0.05) is 42.5 Å². The van der Waals surface area contributed by atoms with Crippen LogP contribution in [0.1, 0.15) is 35.3 Å². The summed E-state index contributed by atoms with van der Waals surface area (Å²) in [5, 5.41) is 0. The molecule has 0 aromatic heterocycles. The van der Waals surface area contributed by atoms with Gasteiger partial charge in [-0.3, -0.25) is 14.5 Å². The van der Waals surface area contributed by atoms with Gasteiger partial charge in [-0.05, 0) is 49.7 Å². The highest BCUT2D eigenvalue weighted by atomic mass is 16.5. The number of carbonyl (C=O) groups is 2. The molecule has 0 spiro atoms. The van der Waals surface area contributed by atoms with Crippen molar-refractivity contribution >= 4 is 23.1 Å². The Bertz CT molecular complexity index is 1110. The van der Waals surface area contributed by atoms with Crippen molar-refractivity contribution in [2.45, 2.75) is 26.1 Å². The smallest absolute Gasteiger partial charge is 0.304 e. The summed E-state index contributed by atoms with van der Waals surface area (Å²) >= 11 is 0. The minimum atomic E-state index is -0.706. The van der Waals surface area contributed by atoms with Gasteiger partial charge in [-0.2, -0.15) is 0 Å². The first-order chi connectivity index (χ1) is 14.4. The summed E-state index contributed by atoms with van der Waals surface area (Å²) in [6, 6.07) is 22.4. The third kappa shape index (κ3) is 3.48. The van der Waals surface area contributed by atoms with Crippen molar-refractivity contribution in [3.63, 3.8) is 0 Å². The summed E-state index contributed by atoms with van der Waals surface area (Å²) in [5.41, 5.74) is 2.71. The molecule has 0 saturated carbocycles. The summed E-state index contributed by atoms with van der Waals surface area (Å²) in [7, 11) is 1.62. The Morgan fingerprint density at radius 1 is 0.867 bits per heavy atom. The average molecular weight is 401 g/mol. The molecule has 1 aliphatic rings. The van der Waals surface area contributed by atoms with Crippen LogP contribution in [0.4, 0.5) is 11.4 Å². The number of ketones is 1. The molecular weight excluding hydrogens is 378 g/mol. The second kappa shape index (κ2) is 7.76. The van der Waals surface area contributed by atoms with Gasteiger partial charge < -0.3 is 9.47 Å². The van der Waals surface area contributed by atoms with Gasteiger partial charge in [0.25, 0.3) is 5.78 Å². The van der Waals surface area contributed by atoms with Crippen LogP contribution in [-0.4, -0.2) is 18.8 Å². The zero-order chi connectivity index (χ0) is 21.3. The van der Waals surface area contributed by atoms with Crippen LogP contribution in [0, 0.1) is 0 Å². The molecule has 0 fully saturated rings. The van der Waals surface area contributed by atoms with Gasteiger partial charge >= 0.3 is 5.91 Å². The zero-order valence-electron chi connectivity index (χ0n) is 17.2. The van der Waals surface area contributed by atoms with Crippen LogP contribution >= 0.6 is 0 Å². The Morgan fingerprint density at radius 3 is 2.30 bits per heavy atom. The molecule has 5 nitrogen and oxygen atoms in total. The van der Waals surface area contributed by atoms with E-state index in [2.05, 4.69) is 0 Å². The van der Waals surface area contributed by atoms with E-state index >= 15 is 0 Å². The topological polar surface area (TPSA) is 55.8 Å². The summed E-state index contributed by atoms with van der Waals surface area (Å²) in [6.07, 6.45) is 0. The first-order valence-electron chi connectivity index (χ1n) is 9.76. The Labute approximate surface area is 175 Å². The van der Waals surface area contributed by atoms with Crippen molar-refractivity contribution in [3.05, 3.63) is 89.5 Å². The maximum Gasteiger partial charge on any atom is 0.304 e. The number of benzene rings is 3. The second-order valence-electron chi connectivity index (χ2n) is 7.65. The number of rotatable bonds is 6. The van der Waals surface area contributed by atoms with Crippen molar-refractivity contribution in [3.8, 4) is 5.75 Å². The SMILES string of the molecule is COC(C)(C)c1cc(OCc2ccccc2)ccc1N1C(=O)C(=O)c2ccccc21. The number of methoxy groups -OCH3 is 1. The fraction of sp³-hybridized carbons (Fsp3) is 0.200. The molecular formula is C25H23NO4. The van der Waals surface area contributed by atoms with E-state index in [0.29, 0.717) is 29.3 Å². The molecule has 0 bridgehead atoms. The number of carbonyl (C=O) groups excluding carboxylic acids is 2. The quantitative estimate of drug-likeness (QED) is 0.545. The Morgan fingerprint density at radius 2 is 1.57 bits per heavy atom. The molecule has 4 rings (SSSR count). The second-order valence-corrected chi connectivity index (χ2v) is 7.65. The number of Topliss-reactive ketones (excluding diaryl/α,β-unsaturated/α-hetero) is 1. The average Bonchev–Trinajstić information content (AvgIpc) is 3.03. The molecule has 1 aliphatic heterocycles. The molecule has 1 amide bonds. The minimum absolute atomic E-state index is 0.410. The third-order valence-electron chi connectivity index (χ3n) is 5.40. The molecule has 1 heterocycles. The van der Waals surface area contributed by atoms with E-state index in [-0.39, 0.29) is 0 Å². The number of anilines is 2. The maximum atomic E-state index is 12.8. The van der Waals surface area contributed by atoms with E-state index in [9.17, 15) is 9.59 Å². The molecule has 0 atom stereocenters. The highest BCUT2D eigenvalue weighted by Crippen LogP contribution is 2.42. The summed E-state index contributed by atoms with van der Waals surface area (Å²) in [4.78, 5) is 26.8. The molecule has 30 heavy (non-hydrogen) atoms. The normalized spacial score (nSPS) is 13.5. The standard InChI is InChI=1S/C25H23NO4/c1-25(2,29-3)20-15-18(30-16-17-9-5-4-6-10-17)13-14-22(20)26-21-12-8-7-11-19(21)23(27)24(26)28/h4-15H,16H2,1-3H3. The van der Waals surface area contributed by atoms with Crippen LogP contribution in [-0.2, 0) is 21.7 Å². The molecule has 0 aliphatic carbocycles. The lowest BCUT2D eigenvalue weighted by Gasteiger charge is -2.30. The van der Waals surface area contributed by atoms with Gasteiger partial charge in [-0.15, -0.1) is 0 Å². The van der Waals surface area contributed by atoms with Crippen LogP contribution in [0.3, 0.4) is 0 Å². The predicted octanol–water partition coefficient (Wildman–Crippen LogP) is 5.01. The number of para-hydroxylation sites is 1. The van der Waals surface area contributed by atoms with E-state index in [1.54, 1.807) is 25.3 Å². The van der Waals surface area contributed by atoms with Gasteiger partial charge in [0.15, 0.2) is 0 Å². The number of nitrogens with zero attached hydrogens (tertiary/aromatic N) is 1. The fourth-order valence-corrected chi connectivity index (χ4v) is 3.56. The van der Waals surface area contributed by atoms with E-state index in [0.717, 1.165) is 11.1 Å². The summed E-state index contributed by atoms with van der Waals surface area (Å²) in [5.74, 6) is -0.410. The predicted molar refractivity (Wildman–Crippen MR) is 115 cm³/mol. The lowest BCUT2D eigenvalue weighted by atomic mass is 9.95. The van der Waals surface area contributed by atoms with E-state index in [4.69, 9.17) is 9.47 Å². The Kier molecular flexibility index (Phi) is 5.14. The van der Waals surface area contributed by atoms with Crippen LogP contribution in [0.2, 0.25) is 0 Å². The lowest BCUT2D eigenvalue weighted by molar-refractivity contribution is -0.113. The van der Waals surface area contributed by atoms with E-state index in [1.165, 1.54) is 4.90 Å². The highest BCUT2D eigenvalue weighted by molar-refractivity contribution is 6.53. The van der Waals surface area contributed by atoms with Gasteiger partial charge in [-0.25, -0.2) is 0 Å². The zero-order valence-corrected chi connectivity index (χ0v) is 17.2. The van der Waals surface area contributed by atoms with Gasteiger partial charge in [0.05, 0.1) is 22.5 Å². The number of hydrogen-bond donors (Lipinski definition) is 0. The number of fused-ring (bicyclic) bond motifs is 1. The van der Waals surface area contributed by atoms with Crippen molar-refractivity contribution in [2.75, 3.05) is 12.0 Å². The van der Waals surface area contributed by atoms with E-state index in [1.807, 2.05) is 68.4 Å². The molecule has 5 heteroatoms. The highest BCUT2D eigenvalue weighted by Gasteiger charge is 2.39. The summed E-state index contributed by atoms with van der Waals surface area (Å²) < 4.78 is 11.7. The Balaban J connectivity index is 1.75. The minimum Gasteiger partial charge on any atom is -0.489 e. The first-order valence-corrected chi connectivity index (χ1v) is 9.76. The number of hydrogen-bond acceptors (Lipinski definition) is 4. The van der Waals surface area contributed by atoms with Gasteiger partial charge in [0.2, 0.25) is 0 Å². The number of ether oxygens (including phenoxy) is 2. The Hall–Kier alpha value is -3.44. The maximum absolute atomic E-state index is 12.8. The largest absolute Gasteiger partial charge is 0.489 e. The van der Waals surface area contributed by atoms with Crippen molar-refractivity contribution < 1.29 is 19.1 Å². The third-order valence-corrected chi connectivity index (χ3v) is 5.40. The van der Waals surface area contributed by atoms with Crippen molar-refractivity contribution in [2.24, 2.45) is 0 Å². The van der Waals surface area contributed by atoms with Gasteiger partial charge in [0.1, 0.15) is 12.4 Å². The van der Waals surface area contributed by atoms with Crippen LogP contribution in [0.5, 0.6) is 5.75 Å². The number of amides is 1. The molecule has 0 unspecified atom stereocenters. The molecule has 3 aromatic rings. The van der Waals surface area contributed by atoms with Gasteiger partial charge in [0, 0.05) is 12.7 Å². The molecule has 0 radical (unpaired) electrons. The molecule has 0 N–H and O–H groups in total. The van der Waals surface area contributed by atoms with Crippen molar-refractivity contribution in [1.29, 1.82) is 0 Å². The molecule has 3 aromatic carbocycles. The monoisotopic (exact) mass is 401 g/mol. The van der Waals surface area contributed by atoms with E-state index < -0.39 is 17.3 Å². The lowest BCUT2D eigenvalue weighted by Crippen LogP contribution is -2.29. The molecule has 152 valence electrons. The summed E-state index contributed by atoms with van der Waals surface area (Å²) in [6.45, 7) is 4.26. The van der Waals surface area contributed by atoms with Crippen molar-refractivity contribution in [1.82, 2.24) is 0 Å². The fourth-order valence-electron chi connectivity index (χ4n) is 3.56. The van der Waals surface area contributed by atoms with Crippen LogP contribution in [0.25, 0.3) is 0 Å². The van der Waals surface area contributed by atoms with Crippen LogP contribution < -0.4 is 9.64 Å².